The number of nitrogens with one attached hydrogen (secondary N) is 1. The molecule has 0 aliphatic carbocycles. The van der Waals surface area contributed by atoms with E-state index in [9.17, 15) is 4.79 Å². The monoisotopic (exact) mass is 270 g/mol. The summed E-state index contributed by atoms with van der Waals surface area (Å²) in [4.78, 5) is 17.6. The van der Waals surface area contributed by atoms with Crippen LogP contribution in [0.4, 0.5) is 11.5 Å². The van der Waals surface area contributed by atoms with Crippen molar-refractivity contribution in [1.29, 1.82) is 0 Å². The normalized spacial score (nSPS) is 10.2. The van der Waals surface area contributed by atoms with Crippen molar-refractivity contribution in [3.8, 4) is 0 Å². The minimum absolute atomic E-state index is 0.124. The third-order valence-electron chi connectivity index (χ3n) is 2.61. The number of amides is 1. The highest BCUT2D eigenvalue weighted by molar-refractivity contribution is 6.33. The zero-order valence-electron chi connectivity index (χ0n) is 10.7. The van der Waals surface area contributed by atoms with Crippen molar-refractivity contribution in [2.24, 2.45) is 0 Å². The number of hydrogen-bond donors (Lipinski definition) is 2. The van der Waals surface area contributed by atoms with Gasteiger partial charge in [-0.05, 0) is 19.9 Å². The maximum absolute atomic E-state index is 11.7. The average Bonchev–Trinajstić information content (AvgIpc) is 2.33. The summed E-state index contributed by atoms with van der Waals surface area (Å²) >= 11 is 5.96. The minimum Gasteiger partial charge on any atom is -0.397 e. The van der Waals surface area contributed by atoms with Crippen LogP contribution in [-0.2, 0) is 4.79 Å². The van der Waals surface area contributed by atoms with Crippen LogP contribution in [0.15, 0.2) is 12.3 Å². The number of pyridine rings is 1. The van der Waals surface area contributed by atoms with Crippen molar-refractivity contribution in [1.82, 2.24) is 9.88 Å². The Morgan fingerprint density at radius 1 is 1.50 bits per heavy atom. The third-order valence-corrected chi connectivity index (χ3v) is 2.90. The van der Waals surface area contributed by atoms with Crippen LogP contribution in [0, 0.1) is 0 Å². The van der Waals surface area contributed by atoms with E-state index in [1.165, 1.54) is 6.20 Å². The van der Waals surface area contributed by atoms with E-state index in [-0.39, 0.29) is 5.91 Å². The largest absolute Gasteiger partial charge is 0.397 e. The molecule has 0 atom stereocenters. The van der Waals surface area contributed by atoms with Gasteiger partial charge in [0.05, 0.1) is 16.9 Å². The highest BCUT2D eigenvalue weighted by Gasteiger charge is 2.09. The fraction of sp³-hybridized carbons (Fsp3) is 0.500. The first kappa shape index (κ1) is 14.6. The Hall–Kier alpha value is -1.49. The van der Waals surface area contributed by atoms with E-state index in [2.05, 4.69) is 10.3 Å². The maximum atomic E-state index is 11.7. The zero-order valence-corrected chi connectivity index (χ0v) is 11.5. The van der Waals surface area contributed by atoms with Crippen LogP contribution in [0.2, 0.25) is 5.02 Å². The highest BCUT2D eigenvalue weighted by atomic mass is 35.5. The molecule has 3 N–H and O–H groups in total. The number of nitrogens with two attached hydrogens (primary N) is 1. The Labute approximate surface area is 112 Å². The predicted molar refractivity (Wildman–Crippen MR) is 74.7 cm³/mol. The quantitative estimate of drug-likeness (QED) is 0.829. The summed E-state index contributed by atoms with van der Waals surface area (Å²) in [5.41, 5.74) is 6.06. The molecule has 1 heterocycles. The van der Waals surface area contributed by atoms with Crippen LogP contribution in [0.5, 0.6) is 0 Å². The van der Waals surface area contributed by atoms with Gasteiger partial charge in [0.1, 0.15) is 5.82 Å². The molecule has 1 rings (SSSR count). The van der Waals surface area contributed by atoms with E-state index in [0.717, 1.165) is 13.1 Å². The lowest BCUT2D eigenvalue weighted by molar-refractivity contribution is -0.130. The lowest BCUT2D eigenvalue weighted by Gasteiger charge is -2.18. The molecular formula is C12H19ClN4O. The lowest BCUT2D eigenvalue weighted by atomic mass is 10.3. The summed E-state index contributed by atoms with van der Waals surface area (Å²) < 4.78 is 0. The van der Waals surface area contributed by atoms with Gasteiger partial charge in [-0.15, -0.1) is 0 Å². The average molecular weight is 271 g/mol. The van der Waals surface area contributed by atoms with Crippen molar-refractivity contribution in [2.45, 2.75) is 20.3 Å². The fourth-order valence-corrected chi connectivity index (χ4v) is 1.85. The molecule has 1 amide bonds. The molecule has 100 valence electrons. The fourth-order valence-electron chi connectivity index (χ4n) is 1.61. The van der Waals surface area contributed by atoms with Gasteiger partial charge >= 0.3 is 0 Å². The molecule has 1 aromatic rings. The number of carbonyl (C=O) groups excluding carboxylic acids is 1. The summed E-state index contributed by atoms with van der Waals surface area (Å²) in [6.07, 6.45) is 1.95. The number of halogens is 1. The SMILES string of the molecule is CCN(CC)C(=O)CCNc1ncc(N)cc1Cl. The minimum atomic E-state index is 0.124. The Balaban J connectivity index is 2.44. The zero-order chi connectivity index (χ0) is 13.5. The van der Waals surface area contributed by atoms with Gasteiger partial charge in [-0.3, -0.25) is 4.79 Å². The summed E-state index contributed by atoms with van der Waals surface area (Å²) in [5.74, 6) is 0.678. The first-order valence-corrected chi connectivity index (χ1v) is 6.38. The highest BCUT2D eigenvalue weighted by Crippen LogP contribution is 2.20. The van der Waals surface area contributed by atoms with E-state index in [4.69, 9.17) is 17.3 Å². The molecule has 0 radical (unpaired) electrons. The van der Waals surface area contributed by atoms with E-state index >= 15 is 0 Å². The molecule has 0 aromatic carbocycles. The van der Waals surface area contributed by atoms with Gasteiger partial charge in [0.2, 0.25) is 5.91 Å². The van der Waals surface area contributed by atoms with Crippen molar-refractivity contribution >= 4 is 29.0 Å². The van der Waals surface area contributed by atoms with Gasteiger partial charge < -0.3 is 16.0 Å². The Bertz CT molecular complexity index is 407. The molecule has 1 aromatic heterocycles. The van der Waals surface area contributed by atoms with Crippen LogP contribution in [0.25, 0.3) is 0 Å². The smallest absolute Gasteiger partial charge is 0.224 e. The molecule has 0 saturated heterocycles. The van der Waals surface area contributed by atoms with Gasteiger partial charge in [-0.25, -0.2) is 4.98 Å². The predicted octanol–water partition coefficient (Wildman–Crippen LogP) is 1.99. The van der Waals surface area contributed by atoms with Crippen LogP contribution >= 0.6 is 11.6 Å². The number of aromatic nitrogens is 1. The number of rotatable bonds is 6. The maximum Gasteiger partial charge on any atom is 0.224 e. The molecule has 0 aliphatic heterocycles. The van der Waals surface area contributed by atoms with Crippen LogP contribution in [-0.4, -0.2) is 35.4 Å². The molecule has 0 aliphatic rings. The first-order valence-electron chi connectivity index (χ1n) is 6.01. The van der Waals surface area contributed by atoms with Gasteiger partial charge in [-0.2, -0.15) is 0 Å². The van der Waals surface area contributed by atoms with Crippen LogP contribution in [0.1, 0.15) is 20.3 Å². The van der Waals surface area contributed by atoms with E-state index in [1.54, 1.807) is 11.0 Å². The summed E-state index contributed by atoms with van der Waals surface area (Å²) in [5, 5.41) is 3.49. The summed E-state index contributed by atoms with van der Waals surface area (Å²) in [6.45, 7) is 5.90. The van der Waals surface area contributed by atoms with Crippen molar-refractivity contribution in [3.63, 3.8) is 0 Å². The second-order valence-electron chi connectivity index (χ2n) is 3.84. The third kappa shape index (κ3) is 4.07. The molecule has 5 nitrogen and oxygen atoms in total. The van der Waals surface area contributed by atoms with Crippen molar-refractivity contribution in [3.05, 3.63) is 17.3 Å². The van der Waals surface area contributed by atoms with Gasteiger partial charge in [0.25, 0.3) is 0 Å². The number of carbonyl (C=O) groups is 1. The molecule has 0 spiro atoms. The molecule has 0 unspecified atom stereocenters. The van der Waals surface area contributed by atoms with Gasteiger partial charge in [-0.1, -0.05) is 11.6 Å². The standard InChI is InChI=1S/C12H19ClN4O/c1-3-17(4-2)11(18)5-6-15-12-10(13)7-9(14)8-16-12/h7-8H,3-6,14H2,1-2H3,(H,15,16). The molecular weight excluding hydrogens is 252 g/mol. The van der Waals surface area contributed by atoms with Gasteiger partial charge in [0.15, 0.2) is 0 Å². The van der Waals surface area contributed by atoms with Crippen molar-refractivity contribution in [2.75, 3.05) is 30.7 Å². The Kier molecular flexibility index (Phi) is 5.71. The summed E-state index contributed by atoms with van der Waals surface area (Å²) in [6, 6.07) is 1.63. The Morgan fingerprint density at radius 2 is 2.17 bits per heavy atom. The molecule has 18 heavy (non-hydrogen) atoms. The second kappa shape index (κ2) is 7.06. The van der Waals surface area contributed by atoms with E-state index in [1.807, 2.05) is 13.8 Å². The molecule has 0 bridgehead atoms. The number of nitrogens with zero attached hydrogens (tertiary/aromatic N) is 2. The second-order valence-corrected chi connectivity index (χ2v) is 4.25. The van der Waals surface area contributed by atoms with Crippen molar-refractivity contribution < 1.29 is 4.79 Å². The van der Waals surface area contributed by atoms with Crippen LogP contribution in [0.3, 0.4) is 0 Å². The topological polar surface area (TPSA) is 71.2 Å². The van der Waals surface area contributed by atoms with E-state index < -0.39 is 0 Å². The van der Waals surface area contributed by atoms with Gasteiger partial charge in [0, 0.05) is 26.1 Å². The lowest BCUT2D eigenvalue weighted by Crippen LogP contribution is -2.31. The number of anilines is 2. The summed E-state index contributed by atoms with van der Waals surface area (Å²) in [7, 11) is 0. The molecule has 6 heteroatoms. The van der Waals surface area contributed by atoms with Crippen LogP contribution < -0.4 is 11.1 Å². The molecule has 0 fully saturated rings. The number of nitrogen functional groups attached to an aromatic ring is 1. The van der Waals surface area contributed by atoms with E-state index in [0.29, 0.717) is 29.5 Å². The molecule has 0 saturated carbocycles. The number of hydrogen-bond acceptors (Lipinski definition) is 4. The first-order chi connectivity index (χ1) is 8.58. The Morgan fingerprint density at radius 3 is 2.72 bits per heavy atom.